The normalized spacial score (nSPS) is 21.8. The van der Waals surface area contributed by atoms with Crippen LogP contribution in [-0.2, 0) is 0 Å². The fourth-order valence-electron chi connectivity index (χ4n) is 2.20. The van der Waals surface area contributed by atoms with E-state index in [1.807, 2.05) is 0 Å². The highest BCUT2D eigenvalue weighted by Gasteiger charge is 2.06. The topological polar surface area (TPSA) is 20.2 Å². The molecule has 16 heavy (non-hydrogen) atoms. The van der Waals surface area contributed by atoms with Crippen molar-refractivity contribution in [3.63, 3.8) is 0 Å². The lowest BCUT2D eigenvalue weighted by molar-refractivity contribution is 0.253. The first-order chi connectivity index (χ1) is 7.84. The van der Waals surface area contributed by atoms with E-state index in [9.17, 15) is 5.11 Å². The van der Waals surface area contributed by atoms with Crippen LogP contribution in [0.3, 0.4) is 0 Å². The Hall–Kier alpha value is -0.560. The van der Waals surface area contributed by atoms with Gasteiger partial charge in [0, 0.05) is 12.5 Å². The SMILES string of the molecule is CC(CO)C1=CC=CCCCCCCCC1. The van der Waals surface area contributed by atoms with Crippen LogP contribution in [0.2, 0.25) is 0 Å². The molecule has 1 nitrogen and oxygen atoms in total. The largest absolute Gasteiger partial charge is 0.396 e. The number of hydrogen-bond donors (Lipinski definition) is 1. The van der Waals surface area contributed by atoms with Crippen LogP contribution in [0, 0.1) is 5.92 Å². The van der Waals surface area contributed by atoms with E-state index in [1.54, 1.807) is 0 Å². The van der Waals surface area contributed by atoms with E-state index >= 15 is 0 Å². The van der Waals surface area contributed by atoms with Gasteiger partial charge in [0.05, 0.1) is 0 Å². The van der Waals surface area contributed by atoms with Crippen LogP contribution < -0.4 is 0 Å². The summed E-state index contributed by atoms with van der Waals surface area (Å²) in [4.78, 5) is 0. The zero-order chi connectivity index (χ0) is 11.6. The van der Waals surface area contributed by atoms with Gasteiger partial charge in [0.25, 0.3) is 0 Å². The molecule has 0 bridgehead atoms. The molecule has 1 rings (SSSR count). The van der Waals surface area contributed by atoms with Crippen LogP contribution in [0.1, 0.15) is 58.3 Å². The molecule has 0 saturated carbocycles. The first-order valence-corrected chi connectivity index (χ1v) is 6.81. The average Bonchev–Trinajstić information content (AvgIpc) is 2.29. The standard InChI is InChI=1S/C15H26O/c1-14(13-16)15-11-9-7-5-3-2-4-6-8-10-12-15/h7,9,11,14,16H,2-6,8,10,12-13H2,1H3. The zero-order valence-corrected chi connectivity index (χ0v) is 10.6. The molecule has 92 valence electrons. The van der Waals surface area contributed by atoms with Crippen LogP contribution >= 0.6 is 0 Å². The van der Waals surface area contributed by atoms with Crippen molar-refractivity contribution in [1.82, 2.24) is 0 Å². The third kappa shape index (κ3) is 5.50. The Morgan fingerprint density at radius 3 is 2.56 bits per heavy atom. The molecule has 1 unspecified atom stereocenters. The lowest BCUT2D eigenvalue weighted by atomic mass is 9.94. The van der Waals surface area contributed by atoms with Crippen molar-refractivity contribution in [2.45, 2.75) is 58.3 Å². The Bertz CT molecular complexity index is 228. The molecule has 0 radical (unpaired) electrons. The third-order valence-electron chi connectivity index (χ3n) is 3.44. The van der Waals surface area contributed by atoms with Gasteiger partial charge in [-0.2, -0.15) is 0 Å². The van der Waals surface area contributed by atoms with E-state index in [4.69, 9.17) is 0 Å². The van der Waals surface area contributed by atoms with Crippen molar-refractivity contribution in [3.05, 3.63) is 23.8 Å². The second-order valence-electron chi connectivity index (χ2n) is 4.91. The van der Waals surface area contributed by atoms with Crippen LogP contribution in [0.5, 0.6) is 0 Å². The van der Waals surface area contributed by atoms with Gasteiger partial charge < -0.3 is 5.11 Å². The molecule has 0 amide bonds. The molecular formula is C15H26O. The highest BCUT2D eigenvalue weighted by Crippen LogP contribution is 2.19. The summed E-state index contributed by atoms with van der Waals surface area (Å²) in [5.41, 5.74) is 1.42. The summed E-state index contributed by atoms with van der Waals surface area (Å²) in [6.07, 6.45) is 17.2. The van der Waals surface area contributed by atoms with Gasteiger partial charge in [0.1, 0.15) is 0 Å². The van der Waals surface area contributed by atoms with Crippen molar-refractivity contribution in [1.29, 1.82) is 0 Å². The van der Waals surface area contributed by atoms with Crippen LogP contribution in [-0.4, -0.2) is 11.7 Å². The summed E-state index contributed by atoms with van der Waals surface area (Å²) in [5, 5.41) is 9.21. The Kier molecular flexibility index (Phi) is 7.24. The van der Waals surface area contributed by atoms with Gasteiger partial charge in [0.15, 0.2) is 0 Å². The van der Waals surface area contributed by atoms with Gasteiger partial charge in [-0.3, -0.25) is 0 Å². The molecule has 1 aliphatic carbocycles. The Morgan fingerprint density at radius 2 is 1.81 bits per heavy atom. The summed E-state index contributed by atoms with van der Waals surface area (Å²) in [6.45, 7) is 2.39. The molecule has 0 fully saturated rings. The van der Waals surface area contributed by atoms with Gasteiger partial charge in [-0.05, 0) is 25.7 Å². The molecule has 0 spiro atoms. The summed E-state index contributed by atoms with van der Waals surface area (Å²) >= 11 is 0. The fraction of sp³-hybridized carbons (Fsp3) is 0.733. The number of aliphatic hydroxyl groups is 1. The third-order valence-corrected chi connectivity index (χ3v) is 3.44. The maximum absolute atomic E-state index is 9.21. The van der Waals surface area contributed by atoms with Crippen molar-refractivity contribution >= 4 is 0 Å². The molecule has 1 atom stereocenters. The lowest BCUT2D eigenvalue weighted by Crippen LogP contribution is -2.04. The molecule has 0 aromatic heterocycles. The molecule has 1 N–H and O–H groups in total. The van der Waals surface area contributed by atoms with Crippen LogP contribution in [0.4, 0.5) is 0 Å². The monoisotopic (exact) mass is 222 g/mol. The van der Waals surface area contributed by atoms with E-state index < -0.39 is 0 Å². The number of aliphatic hydroxyl groups excluding tert-OH is 1. The predicted octanol–water partition coefficient (Wildman–Crippen LogP) is 4.23. The molecule has 1 aliphatic rings. The second kappa shape index (κ2) is 8.58. The Morgan fingerprint density at radius 1 is 1.12 bits per heavy atom. The van der Waals surface area contributed by atoms with Crippen molar-refractivity contribution in [3.8, 4) is 0 Å². The maximum Gasteiger partial charge on any atom is 0.0493 e. The quantitative estimate of drug-likeness (QED) is 0.741. The van der Waals surface area contributed by atoms with Gasteiger partial charge >= 0.3 is 0 Å². The van der Waals surface area contributed by atoms with Crippen LogP contribution in [0.15, 0.2) is 23.8 Å². The minimum Gasteiger partial charge on any atom is -0.396 e. The summed E-state index contributed by atoms with van der Waals surface area (Å²) < 4.78 is 0. The zero-order valence-electron chi connectivity index (χ0n) is 10.6. The first-order valence-electron chi connectivity index (χ1n) is 6.81. The molecule has 1 heteroatoms. The lowest BCUT2D eigenvalue weighted by Gasteiger charge is -2.13. The highest BCUT2D eigenvalue weighted by atomic mass is 16.3. The van der Waals surface area contributed by atoms with Crippen LogP contribution in [0.25, 0.3) is 0 Å². The molecule has 0 saturated heterocycles. The molecule has 0 aromatic carbocycles. The maximum atomic E-state index is 9.21. The Balaban J connectivity index is 2.54. The molecule has 0 aromatic rings. The Labute approximate surface area is 100 Å². The van der Waals surface area contributed by atoms with Gasteiger partial charge in [-0.25, -0.2) is 0 Å². The summed E-state index contributed by atoms with van der Waals surface area (Å²) in [7, 11) is 0. The summed E-state index contributed by atoms with van der Waals surface area (Å²) in [6, 6.07) is 0. The fourth-order valence-corrected chi connectivity index (χ4v) is 2.20. The number of allylic oxidation sites excluding steroid dienone is 3. The van der Waals surface area contributed by atoms with E-state index in [1.165, 1.54) is 50.5 Å². The highest BCUT2D eigenvalue weighted by molar-refractivity contribution is 5.15. The molecular weight excluding hydrogens is 196 g/mol. The second-order valence-corrected chi connectivity index (χ2v) is 4.91. The average molecular weight is 222 g/mol. The van der Waals surface area contributed by atoms with E-state index in [2.05, 4.69) is 25.2 Å². The first kappa shape index (κ1) is 13.5. The van der Waals surface area contributed by atoms with Crippen molar-refractivity contribution in [2.75, 3.05) is 6.61 Å². The molecule has 0 heterocycles. The van der Waals surface area contributed by atoms with E-state index in [-0.39, 0.29) is 6.61 Å². The van der Waals surface area contributed by atoms with Gasteiger partial charge in [-0.1, -0.05) is 56.4 Å². The number of hydrogen-bond acceptors (Lipinski definition) is 1. The minimum atomic E-state index is 0.277. The predicted molar refractivity (Wildman–Crippen MR) is 70.4 cm³/mol. The smallest absolute Gasteiger partial charge is 0.0493 e. The molecule has 0 aliphatic heterocycles. The van der Waals surface area contributed by atoms with Gasteiger partial charge in [-0.15, -0.1) is 0 Å². The van der Waals surface area contributed by atoms with Crippen molar-refractivity contribution < 1.29 is 5.11 Å². The van der Waals surface area contributed by atoms with Gasteiger partial charge in [0.2, 0.25) is 0 Å². The van der Waals surface area contributed by atoms with E-state index in [0.29, 0.717) is 5.92 Å². The van der Waals surface area contributed by atoms with E-state index in [0.717, 1.165) is 6.42 Å². The van der Waals surface area contributed by atoms with Crippen molar-refractivity contribution in [2.24, 2.45) is 5.92 Å². The summed E-state index contributed by atoms with van der Waals surface area (Å²) in [5.74, 6) is 0.326. The minimum absolute atomic E-state index is 0.277. The number of rotatable bonds is 2.